The van der Waals surface area contributed by atoms with Crippen LogP contribution in [0, 0.1) is 0 Å². The van der Waals surface area contributed by atoms with Crippen LogP contribution in [0.2, 0.25) is 0 Å². The molecular weight excluding hydrogens is 693 g/mol. The lowest BCUT2D eigenvalue weighted by atomic mass is 9.78. The zero-order valence-electron chi connectivity index (χ0n) is 34.9. The van der Waals surface area contributed by atoms with Crippen LogP contribution in [0.5, 0.6) is 17.2 Å². The summed E-state index contributed by atoms with van der Waals surface area (Å²) in [4.78, 5) is 40.8. The fourth-order valence-electron chi connectivity index (χ4n) is 6.15. The average Bonchev–Trinajstić information content (AvgIpc) is 3.57. The highest BCUT2D eigenvalue weighted by molar-refractivity contribution is 5.99. The Labute approximate surface area is 327 Å². The molecule has 0 saturated heterocycles. The molecule has 55 heavy (non-hydrogen) atoms. The minimum absolute atomic E-state index is 0.00519. The molecule has 3 aromatic carbocycles. The van der Waals surface area contributed by atoms with Crippen molar-refractivity contribution in [2.75, 3.05) is 6.54 Å². The summed E-state index contributed by atoms with van der Waals surface area (Å²) < 4.78 is 0. The van der Waals surface area contributed by atoms with Crippen molar-refractivity contribution in [3.63, 3.8) is 0 Å². The first kappa shape index (κ1) is 44.4. The van der Waals surface area contributed by atoms with Gasteiger partial charge in [0, 0.05) is 12.8 Å². The summed E-state index contributed by atoms with van der Waals surface area (Å²) in [6.45, 7) is 24.9. The third-order valence-corrected chi connectivity index (χ3v) is 9.38. The van der Waals surface area contributed by atoms with E-state index in [2.05, 4.69) is 104 Å². The number of phenols is 3. The number of hydrogen-bond donors (Lipinski definition) is 5. The van der Waals surface area contributed by atoms with Crippen LogP contribution in [0.4, 0.5) is 0 Å². The van der Waals surface area contributed by atoms with Crippen LogP contribution in [0.25, 0.3) is 0 Å². The predicted molar refractivity (Wildman–Crippen MR) is 218 cm³/mol. The second kappa shape index (κ2) is 17.6. The molecule has 1 aromatic heterocycles. The molecule has 0 aliphatic carbocycles. The van der Waals surface area contributed by atoms with Gasteiger partial charge in [0.25, 0.3) is 0 Å². The van der Waals surface area contributed by atoms with E-state index in [1.165, 1.54) is 12.4 Å². The van der Waals surface area contributed by atoms with E-state index in [0.29, 0.717) is 42.1 Å². The Kier molecular flexibility index (Phi) is 14.2. The molecule has 1 amide bonds. The van der Waals surface area contributed by atoms with Gasteiger partial charge in [0.15, 0.2) is 11.6 Å². The fraction of sp³-hybridized carbons (Fsp3) is 0.489. The Morgan fingerprint density at radius 2 is 1.09 bits per heavy atom. The molecule has 0 saturated carbocycles. The van der Waals surface area contributed by atoms with Crippen molar-refractivity contribution in [1.82, 2.24) is 20.5 Å². The molecule has 0 radical (unpaired) electrons. The number of rotatable bonds is 11. The van der Waals surface area contributed by atoms with Crippen LogP contribution in [-0.2, 0) is 50.5 Å². The van der Waals surface area contributed by atoms with Crippen molar-refractivity contribution in [1.29, 1.82) is 0 Å². The molecular formula is C45H62N4O6. The maximum Gasteiger partial charge on any atom is 0.220 e. The predicted octanol–water partition coefficient (Wildman–Crippen LogP) is 8.47. The lowest BCUT2D eigenvalue weighted by Crippen LogP contribution is -2.30. The molecule has 0 bridgehead atoms. The number of aryl methyl sites for hydroxylation is 2. The van der Waals surface area contributed by atoms with E-state index < -0.39 is 0 Å². The number of nitrogens with zero attached hydrogens (tertiary/aromatic N) is 2. The number of aromatic amines is 1. The number of ketones is 2. The van der Waals surface area contributed by atoms with Crippen LogP contribution in [-0.4, -0.2) is 54.5 Å². The molecule has 298 valence electrons. The quantitative estimate of drug-likeness (QED) is 0.0952. The van der Waals surface area contributed by atoms with Gasteiger partial charge in [-0.15, -0.1) is 0 Å². The second-order valence-corrected chi connectivity index (χ2v) is 18.4. The summed E-state index contributed by atoms with van der Waals surface area (Å²) in [5.41, 5.74) is 4.94. The van der Waals surface area contributed by atoms with Gasteiger partial charge in [-0.25, -0.2) is 4.98 Å². The topological polar surface area (TPSA) is 166 Å². The Hall–Kier alpha value is -4.99. The first-order valence-corrected chi connectivity index (χ1v) is 19.0. The van der Waals surface area contributed by atoms with E-state index in [1.807, 2.05) is 24.3 Å². The molecule has 0 aliphatic heterocycles. The lowest BCUT2D eigenvalue weighted by molar-refractivity contribution is -0.125. The van der Waals surface area contributed by atoms with E-state index in [4.69, 9.17) is 0 Å². The van der Waals surface area contributed by atoms with Gasteiger partial charge in [0.05, 0.1) is 18.5 Å². The maximum atomic E-state index is 12.7. The van der Waals surface area contributed by atoms with Gasteiger partial charge >= 0.3 is 0 Å². The Bertz CT molecular complexity index is 1790. The number of carbonyl (C=O) groups is 3. The van der Waals surface area contributed by atoms with Crippen LogP contribution < -0.4 is 5.32 Å². The highest BCUT2D eigenvalue weighted by Gasteiger charge is 2.28. The molecule has 0 unspecified atom stereocenters. The van der Waals surface area contributed by atoms with Gasteiger partial charge < -0.3 is 20.6 Å². The average molecular weight is 755 g/mol. The van der Waals surface area contributed by atoms with Crippen LogP contribution in [0.1, 0.15) is 145 Å². The number of amides is 1. The van der Waals surface area contributed by atoms with E-state index in [1.54, 1.807) is 18.2 Å². The Morgan fingerprint density at radius 3 is 1.49 bits per heavy atom. The van der Waals surface area contributed by atoms with Gasteiger partial charge in [-0.05, 0) is 80.0 Å². The Balaban J connectivity index is 0.000000446. The number of Topliss-reactive ketones (excluding diaryl/α,β-unsaturated/α-hetero) is 2. The van der Waals surface area contributed by atoms with Gasteiger partial charge in [-0.2, -0.15) is 5.10 Å². The molecule has 0 spiro atoms. The molecule has 5 N–H and O–H groups in total. The van der Waals surface area contributed by atoms with Crippen molar-refractivity contribution >= 4 is 17.5 Å². The summed E-state index contributed by atoms with van der Waals surface area (Å²) in [6.07, 6.45) is 3.13. The SMILES string of the molecule is CC(C)(C)c1cc(CCC(=O)CNC(=O)CCc2cc(C(C)(C)C)c(O)c(C(C)(C)C)c2)cc(C(C)(C)C)c1O.O=C(Cc1ncn[nH]1)c1ccccc1O. The molecule has 0 fully saturated rings. The molecule has 10 heteroatoms. The summed E-state index contributed by atoms with van der Waals surface area (Å²) in [7, 11) is 0. The van der Waals surface area contributed by atoms with Crippen molar-refractivity contribution < 1.29 is 29.7 Å². The van der Waals surface area contributed by atoms with E-state index in [-0.39, 0.29) is 64.3 Å². The summed E-state index contributed by atoms with van der Waals surface area (Å²) in [6, 6.07) is 14.4. The molecule has 10 nitrogen and oxygen atoms in total. The monoisotopic (exact) mass is 754 g/mol. The van der Waals surface area contributed by atoms with Gasteiger partial charge in [0.2, 0.25) is 5.91 Å². The normalized spacial score (nSPS) is 12.1. The zero-order chi connectivity index (χ0) is 41.5. The largest absolute Gasteiger partial charge is 0.507 e. The number of H-pyrrole nitrogens is 1. The van der Waals surface area contributed by atoms with Crippen LogP contribution >= 0.6 is 0 Å². The number of carbonyl (C=O) groups excluding carboxylic acids is 3. The number of benzene rings is 3. The smallest absolute Gasteiger partial charge is 0.220 e. The lowest BCUT2D eigenvalue weighted by Gasteiger charge is -2.28. The number of para-hydroxylation sites is 1. The van der Waals surface area contributed by atoms with Crippen LogP contribution in [0.3, 0.4) is 0 Å². The molecule has 1 heterocycles. The van der Waals surface area contributed by atoms with Gasteiger partial charge in [-0.3, -0.25) is 19.5 Å². The van der Waals surface area contributed by atoms with Crippen molar-refractivity contribution in [3.05, 3.63) is 99.6 Å². The van der Waals surface area contributed by atoms with E-state index >= 15 is 0 Å². The first-order valence-electron chi connectivity index (χ1n) is 19.0. The van der Waals surface area contributed by atoms with Gasteiger partial charge in [0.1, 0.15) is 29.4 Å². The van der Waals surface area contributed by atoms with Crippen molar-refractivity contribution in [2.45, 2.75) is 137 Å². The second-order valence-electron chi connectivity index (χ2n) is 18.4. The van der Waals surface area contributed by atoms with Crippen molar-refractivity contribution in [2.24, 2.45) is 0 Å². The zero-order valence-corrected chi connectivity index (χ0v) is 34.9. The number of nitrogens with one attached hydrogen (secondary N) is 2. The molecule has 0 atom stereocenters. The van der Waals surface area contributed by atoms with E-state index in [9.17, 15) is 29.7 Å². The summed E-state index contributed by atoms with van der Waals surface area (Å²) in [5.74, 6) is 0.767. The Morgan fingerprint density at radius 1 is 0.655 bits per heavy atom. The van der Waals surface area contributed by atoms with E-state index in [0.717, 1.165) is 33.4 Å². The first-order chi connectivity index (χ1) is 25.3. The number of aromatic nitrogens is 3. The molecule has 4 aromatic rings. The van der Waals surface area contributed by atoms with Gasteiger partial charge in [-0.1, -0.05) is 119 Å². The molecule has 0 aliphatic rings. The number of aromatic hydroxyl groups is 3. The van der Waals surface area contributed by atoms with Crippen LogP contribution in [0.15, 0.2) is 54.9 Å². The third kappa shape index (κ3) is 12.8. The molecule has 4 rings (SSSR count). The van der Waals surface area contributed by atoms with Crippen molar-refractivity contribution in [3.8, 4) is 17.2 Å². The highest BCUT2D eigenvalue weighted by atomic mass is 16.3. The fourth-order valence-corrected chi connectivity index (χ4v) is 6.15. The summed E-state index contributed by atoms with van der Waals surface area (Å²) in [5, 5.41) is 40.3. The highest BCUT2D eigenvalue weighted by Crippen LogP contribution is 2.41. The maximum absolute atomic E-state index is 12.7. The number of phenolic OH excluding ortho intramolecular Hbond substituents is 3. The number of hydrogen-bond acceptors (Lipinski definition) is 8. The third-order valence-electron chi connectivity index (χ3n) is 9.38. The standard InChI is InChI=1S/C35H53NO4.C10H9N3O2/c1-32(2,3)25-17-22(18-26(30(25)39)33(4,5)6)13-15-24(37)21-36-29(38)16-14-23-19-27(34(7,8)9)31(40)28(20-23)35(10,11)12;14-8-4-2-1-3-7(8)9(15)5-10-11-6-12-13-10/h17-20,39-40H,13-16,21H2,1-12H3,(H,36,38);1-4,6,14H,5H2,(H,11,12,13). The minimum Gasteiger partial charge on any atom is -0.507 e. The summed E-state index contributed by atoms with van der Waals surface area (Å²) >= 11 is 0. The minimum atomic E-state index is -0.229.